The molecule has 1 saturated heterocycles. The number of carboxylic acid groups (broad SMARTS) is 2. The van der Waals surface area contributed by atoms with Gasteiger partial charge in [-0.25, -0.2) is 14.6 Å². The van der Waals surface area contributed by atoms with Crippen molar-refractivity contribution in [3.8, 4) is 5.75 Å². The summed E-state index contributed by atoms with van der Waals surface area (Å²) in [5.41, 5.74) is 1.31. The number of aliphatic carboxylic acids is 1. The van der Waals surface area contributed by atoms with E-state index in [1.54, 1.807) is 47.4 Å². The Labute approximate surface area is 182 Å². The third kappa shape index (κ3) is 5.52. The average Bonchev–Trinajstić information content (AvgIpc) is 3.02. The normalized spacial score (nSPS) is 16.4. The molecule has 31 heavy (non-hydrogen) atoms. The van der Waals surface area contributed by atoms with Crippen molar-refractivity contribution in [1.82, 2.24) is 4.90 Å². The van der Waals surface area contributed by atoms with Crippen LogP contribution in [-0.4, -0.2) is 50.8 Å². The molecule has 2 aromatic carbocycles. The van der Waals surface area contributed by atoms with E-state index in [1.165, 1.54) is 23.9 Å². The molecule has 1 aliphatic heterocycles. The molecular weight excluding hydrogens is 420 g/mol. The van der Waals surface area contributed by atoms with Crippen molar-refractivity contribution >= 4 is 46.5 Å². The zero-order valence-electron chi connectivity index (χ0n) is 16.8. The molecule has 3 rings (SSSR count). The largest absolute Gasteiger partial charge is 0.482 e. The number of carboxylic acids is 2. The first-order valence-corrected chi connectivity index (χ1v) is 10.2. The number of hydrogen-bond donors (Lipinski definition) is 2. The van der Waals surface area contributed by atoms with Gasteiger partial charge >= 0.3 is 11.9 Å². The Hall–Kier alpha value is -3.59. The maximum Gasteiger partial charge on any atom is 0.341 e. The van der Waals surface area contributed by atoms with Crippen LogP contribution in [0.5, 0.6) is 5.75 Å². The van der Waals surface area contributed by atoms with E-state index in [-0.39, 0.29) is 17.5 Å². The van der Waals surface area contributed by atoms with Crippen LogP contribution < -0.4 is 4.74 Å². The van der Waals surface area contributed by atoms with Gasteiger partial charge in [0, 0.05) is 6.04 Å². The fourth-order valence-corrected chi connectivity index (χ4v) is 3.92. The molecule has 1 heterocycles. The van der Waals surface area contributed by atoms with Gasteiger partial charge in [-0.2, -0.15) is 0 Å². The smallest absolute Gasteiger partial charge is 0.341 e. The number of carbonyl (C=O) groups excluding carboxylic acids is 1. The molecule has 9 heteroatoms. The van der Waals surface area contributed by atoms with Crippen LogP contribution in [0.15, 0.2) is 58.4 Å². The molecule has 2 aromatic rings. The highest BCUT2D eigenvalue weighted by atomic mass is 32.2. The van der Waals surface area contributed by atoms with Crippen LogP contribution in [0.25, 0.3) is 6.08 Å². The monoisotopic (exact) mass is 440 g/mol. The topological polar surface area (TPSA) is 117 Å². The van der Waals surface area contributed by atoms with Crippen LogP contribution in [0, 0.1) is 0 Å². The molecule has 1 aliphatic rings. The van der Waals surface area contributed by atoms with Gasteiger partial charge in [0.1, 0.15) is 5.75 Å². The maximum atomic E-state index is 12.9. The molecule has 160 valence electrons. The van der Waals surface area contributed by atoms with Crippen molar-refractivity contribution < 1.29 is 29.3 Å². The molecule has 1 fully saturated rings. The van der Waals surface area contributed by atoms with Crippen molar-refractivity contribution in [2.45, 2.75) is 19.9 Å². The van der Waals surface area contributed by atoms with Crippen molar-refractivity contribution in [2.24, 2.45) is 4.99 Å². The van der Waals surface area contributed by atoms with Crippen LogP contribution in [0.3, 0.4) is 0 Å². The lowest BCUT2D eigenvalue weighted by Crippen LogP contribution is -2.35. The van der Waals surface area contributed by atoms with Gasteiger partial charge in [-0.1, -0.05) is 18.2 Å². The van der Waals surface area contributed by atoms with Crippen LogP contribution in [-0.2, 0) is 9.59 Å². The Kier molecular flexibility index (Phi) is 6.76. The van der Waals surface area contributed by atoms with Gasteiger partial charge in [-0.05, 0) is 67.6 Å². The van der Waals surface area contributed by atoms with Gasteiger partial charge in [0.05, 0.1) is 16.2 Å². The minimum Gasteiger partial charge on any atom is -0.482 e. The fourth-order valence-electron chi connectivity index (χ4n) is 2.80. The van der Waals surface area contributed by atoms with E-state index in [9.17, 15) is 19.5 Å². The Morgan fingerprint density at radius 2 is 1.87 bits per heavy atom. The highest BCUT2D eigenvalue weighted by Crippen LogP contribution is 2.35. The predicted molar refractivity (Wildman–Crippen MR) is 118 cm³/mol. The number of benzene rings is 2. The van der Waals surface area contributed by atoms with E-state index in [0.29, 0.717) is 21.5 Å². The van der Waals surface area contributed by atoms with E-state index < -0.39 is 18.5 Å². The number of carbonyl (C=O) groups is 3. The summed E-state index contributed by atoms with van der Waals surface area (Å²) in [5.74, 6) is -1.89. The van der Waals surface area contributed by atoms with Crippen LogP contribution in [0.1, 0.15) is 29.8 Å². The zero-order valence-corrected chi connectivity index (χ0v) is 17.6. The van der Waals surface area contributed by atoms with Gasteiger partial charge in [-0.15, -0.1) is 0 Å². The summed E-state index contributed by atoms with van der Waals surface area (Å²) < 4.78 is 5.11. The lowest BCUT2D eigenvalue weighted by atomic mass is 10.2. The molecule has 0 radical (unpaired) electrons. The quantitative estimate of drug-likeness (QED) is 0.628. The average molecular weight is 440 g/mol. The lowest BCUT2D eigenvalue weighted by molar-refractivity contribution is -0.139. The predicted octanol–water partition coefficient (Wildman–Crippen LogP) is 3.86. The molecule has 0 atom stereocenters. The summed E-state index contributed by atoms with van der Waals surface area (Å²) in [4.78, 5) is 41.3. The van der Waals surface area contributed by atoms with E-state index in [1.807, 2.05) is 13.8 Å². The lowest BCUT2D eigenvalue weighted by Gasteiger charge is -2.19. The third-order valence-electron chi connectivity index (χ3n) is 4.21. The SMILES string of the molecule is CC(C)N1C(=O)/C(=C/c2ccc(OCC(=O)O)cc2)SC1=Nc1cccc(C(=O)O)c1. The summed E-state index contributed by atoms with van der Waals surface area (Å²) in [5, 5.41) is 18.3. The number of amidine groups is 1. The molecule has 8 nitrogen and oxygen atoms in total. The van der Waals surface area contributed by atoms with Gasteiger partial charge in [0.25, 0.3) is 5.91 Å². The number of aromatic carboxylic acids is 1. The van der Waals surface area contributed by atoms with E-state index >= 15 is 0 Å². The molecular formula is C22H20N2O6S. The minimum absolute atomic E-state index is 0.119. The highest BCUT2D eigenvalue weighted by Gasteiger charge is 2.35. The maximum absolute atomic E-state index is 12.9. The fraction of sp³-hybridized carbons (Fsp3) is 0.182. The van der Waals surface area contributed by atoms with E-state index in [0.717, 1.165) is 5.56 Å². The Balaban J connectivity index is 1.86. The minimum atomic E-state index is -1.06. The summed E-state index contributed by atoms with van der Waals surface area (Å²) in [6, 6.07) is 12.8. The van der Waals surface area contributed by atoms with E-state index in [2.05, 4.69) is 4.99 Å². The highest BCUT2D eigenvalue weighted by molar-refractivity contribution is 8.18. The second-order valence-electron chi connectivity index (χ2n) is 6.88. The summed E-state index contributed by atoms with van der Waals surface area (Å²) >= 11 is 1.21. The van der Waals surface area contributed by atoms with Crippen LogP contribution >= 0.6 is 11.8 Å². The molecule has 0 aromatic heterocycles. The summed E-state index contributed by atoms with van der Waals surface area (Å²) in [7, 11) is 0. The third-order valence-corrected chi connectivity index (χ3v) is 5.19. The Morgan fingerprint density at radius 1 is 1.16 bits per heavy atom. The number of aliphatic imine (C=N–C) groups is 1. The van der Waals surface area contributed by atoms with Gasteiger partial charge < -0.3 is 14.9 Å². The molecule has 2 N–H and O–H groups in total. The van der Waals surface area contributed by atoms with E-state index in [4.69, 9.17) is 9.84 Å². The van der Waals surface area contributed by atoms with Crippen molar-refractivity contribution in [2.75, 3.05) is 6.61 Å². The van der Waals surface area contributed by atoms with Crippen LogP contribution in [0.4, 0.5) is 5.69 Å². The van der Waals surface area contributed by atoms with Crippen molar-refractivity contribution in [1.29, 1.82) is 0 Å². The summed E-state index contributed by atoms with van der Waals surface area (Å²) in [6.45, 7) is 3.32. The van der Waals surface area contributed by atoms with Crippen molar-refractivity contribution in [3.63, 3.8) is 0 Å². The molecule has 0 unspecified atom stereocenters. The number of ether oxygens (including phenoxy) is 1. The number of amides is 1. The van der Waals surface area contributed by atoms with Gasteiger partial charge in [0.2, 0.25) is 0 Å². The Bertz CT molecular complexity index is 1080. The van der Waals surface area contributed by atoms with Crippen LogP contribution in [0.2, 0.25) is 0 Å². The number of thioether (sulfide) groups is 1. The van der Waals surface area contributed by atoms with Gasteiger partial charge in [0.15, 0.2) is 11.8 Å². The molecule has 1 amide bonds. The summed E-state index contributed by atoms with van der Waals surface area (Å²) in [6.07, 6.45) is 1.72. The molecule has 0 saturated carbocycles. The zero-order chi connectivity index (χ0) is 22.5. The van der Waals surface area contributed by atoms with Gasteiger partial charge in [-0.3, -0.25) is 9.69 Å². The molecule has 0 bridgehead atoms. The Morgan fingerprint density at radius 3 is 2.48 bits per heavy atom. The molecule has 0 spiro atoms. The number of rotatable bonds is 7. The standard InChI is InChI=1S/C22H20N2O6S/c1-13(2)24-20(27)18(10-14-6-8-17(9-7-14)30-12-19(25)26)31-22(24)23-16-5-3-4-15(11-16)21(28)29/h3-11,13H,12H2,1-2H3,(H,25,26)(H,28,29)/b18-10-,23-22?. The second-order valence-corrected chi connectivity index (χ2v) is 7.89. The number of nitrogens with zero attached hydrogens (tertiary/aromatic N) is 2. The first-order valence-electron chi connectivity index (χ1n) is 9.34. The first kappa shape index (κ1) is 22.1. The second kappa shape index (κ2) is 9.48. The van der Waals surface area contributed by atoms with Crippen molar-refractivity contribution in [3.05, 3.63) is 64.6 Å². The number of hydrogen-bond acceptors (Lipinski definition) is 6. The first-order chi connectivity index (χ1) is 14.7. The molecule has 0 aliphatic carbocycles.